The lowest BCUT2D eigenvalue weighted by atomic mass is 10.1. The van der Waals surface area contributed by atoms with Gasteiger partial charge in [0.15, 0.2) is 0 Å². The molecule has 0 radical (unpaired) electrons. The Balaban J connectivity index is 2.70. The minimum absolute atomic E-state index is 0.0687. The van der Waals surface area contributed by atoms with E-state index >= 15 is 0 Å². The summed E-state index contributed by atoms with van der Waals surface area (Å²) >= 11 is 0. The number of nitroso groups, excluding NO2 is 1. The lowest BCUT2D eigenvalue weighted by molar-refractivity contribution is 0.158. The molecule has 0 saturated carbocycles. The van der Waals surface area contributed by atoms with Crippen molar-refractivity contribution in [2.75, 3.05) is 13.5 Å². The molecule has 1 heterocycles. The highest BCUT2D eigenvalue weighted by Crippen LogP contribution is 2.16. The van der Waals surface area contributed by atoms with E-state index in [1.165, 1.54) is 12.4 Å². The van der Waals surface area contributed by atoms with Crippen molar-refractivity contribution in [3.63, 3.8) is 0 Å². The Kier molecular flexibility index (Phi) is 2.50. The zero-order valence-corrected chi connectivity index (χ0v) is 8.00. The number of aliphatic hydroxyl groups excluding tert-OH is 1. The lowest BCUT2D eigenvalue weighted by Gasteiger charge is -2.12. The van der Waals surface area contributed by atoms with Gasteiger partial charge >= 0.3 is 0 Å². The van der Waals surface area contributed by atoms with E-state index in [0.29, 0.717) is 5.56 Å². The largest absolute Gasteiger partial charge is 0.388 e. The van der Waals surface area contributed by atoms with Crippen LogP contribution in [0.2, 0.25) is 0 Å². The number of rotatable bonds is 6. The van der Waals surface area contributed by atoms with Crippen molar-refractivity contribution < 1.29 is 12.0 Å². The van der Waals surface area contributed by atoms with Crippen LogP contribution < -0.4 is 0 Å². The van der Waals surface area contributed by atoms with Gasteiger partial charge < -0.3 is 5.11 Å². The van der Waals surface area contributed by atoms with Gasteiger partial charge in [0.2, 0.25) is 0 Å². The first-order valence-electron chi connectivity index (χ1n) is 6.90. The standard InChI is InChI=1S/C10H15N3O2/c1-13(12-15)7-3-5-10(14)9-4-2-6-11-8-9/h2,4,6,8,10,14H,3,5,7H2,1H3/i1D3,7D2. The van der Waals surface area contributed by atoms with Crippen LogP contribution in [0.15, 0.2) is 29.8 Å². The smallest absolute Gasteiger partial charge is 0.0805 e. The molecule has 0 aliphatic rings. The predicted molar refractivity (Wildman–Crippen MR) is 56.9 cm³/mol. The Morgan fingerprint density at radius 3 is 3.33 bits per heavy atom. The summed E-state index contributed by atoms with van der Waals surface area (Å²) in [4.78, 5) is 14.3. The molecule has 15 heavy (non-hydrogen) atoms. The molecule has 0 saturated heterocycles. The van der Waals surface area contributed by atoms with E-state index in [0.717, 1.165) is 0 Å². The average molecular weight is 214 g/mol. The second kappa shape index (κ2) is 6.08. The summed E-state index contributed by atoms with van der Waals surface area (Å²) in [6.45, 7) is -5.44. The first kappa shape index (κ1) is 6.17. The van der Waals surface area contributed by atoms with Gasteiger partial charge in [-0.3, -0.25) is 9.99 Å². The summed E-state index contributed by atoms with van der Waals surface area (Å²) in [6.07, 6.45) is 1.53. The van der Waals surface area contributed by atoms with Crippen molar-refractivity contribution in [2.24, 2.45) is 5.29 Å². The molecule has 0 fully saturated rings. The molecule has 0 bridgehead atoms. The Labute approximate surface area is 95.7 Å². The molecule has 1 N–H and O–H groups in total. The molecule has 1 unspecified atom stereocenters. The van der Waals surface area contributed by atoms with Crippen LogP contribution in [0.3, 0.4) is 0 Å². The van der Waals surface area contributed by atoms with Crippen molar-refractivity contribution >= 4 is 0 Å². The Hall–Kier alpha value is -1.49. The quantitative estimate of drug-likeness (QED) is 0.575. The summed E-state index contributed by atoms with van der Waals surface area (Å²) < 4.78 is 36.4. The Morgan fingerprint density at radius 2 is 2.73 bits per heavy atom. The maximum atomic E-state index is 10.5. The van der Waals surface area contributed by atoms with Gasteiger partial charge in [0.05, 0.1) is 14.1 Å². The number of pyridine rings is 1. The molecule has 0 spiro atoms. The average Bonchev–Trinajstić information content (AvgIpc) is 2.35. The topological polar surface area (TPSA) is 65.8 Å². The monoisotopic (exact) mass is 214 g/mol. The summed E-state index contributed by atoms with van der Waals surface area (Å²) in [5.74, 6) is 0. The van der Waals surface area contributed by atoms with Crippen molar-refractivity contribution in [1.82, 2.24) is 9.99 Å². The number of nitrogens with zero attached hydrogens (tertiary/aromatic N) is 3. The minimum Gasteiger partial charge on any atom is -0.388 e. The van der Waals surface area contributed by atoms with Gasteiger partial charge in [0.1, 0.15) is 0 Å². The molecule has 0 aromatic carbocycles. The molecule has 1 rings (SSSR count). The zero-order chi connectivity index (χ0) is 15.4. The van der Waals surface area contributed by atoms with Gasteiger partial charge in [-0.15, -0.1) is 4.91 Å². The first-order chi connectivity index (χ1) is 9.18. The maximum Gasteiger partial charge on any atom is 0.0805 e. The summed E-state index contributed by atoms with van der Waals surface area (Å²) in [5, 5.41) is 12.0. The Bertz CT molecular complexity index is 440. The number of hydrogen-bond donors (Lipinski definition) is 1. The Morgan fingerprint density at radius 1 is 1.87 bits per heavy atom. The van der Waals surface area contributed by atoms with Crippen molar-refractivity contribution in [1.29, 1.82) is 0 Å². The molecule has 82 valence electrons. The second-order valence-electron chi connectivity index (χ2n) is 2.89. The minimum atomic E-state index is -2.97. The lowest BCUT2D eigenvalue weighted by Crippen LogP contribution is -2.12. The van der Waals surface area contributed by atoms with E-state index in [-0.39, 0.29) is 17.9 Å². The van der Waals surface area contributed by atoms with Crippen LogP contribution >= 0.6 is 0 Å². The fraction of sp³-hybridized carbons (Fsp3) is 0.500. The van der Waals surface area contributed by atoms with E-state index in [1.807, 2.05) is 0 Å². The van der Waals surface area contributed by atoms with Crippen molar-refractivity contribution in [2.45, 2.75) is 18.9 Å². The third-order valence-corrected chi connectivity index (χ3v) is 1.83. The van der Waals surface area contributed by atoms with Crippen LogP contribution in [0, 0.1) is 4.91 Å². The van der Waals surface area contributed by atoms with Crippen molar-refractivity contribution in [3.8, 4) is 0 Å². The van der Waals surface area contributed by atoms with Crippen LogP contribution in [-0.4, -0.2) is 28.6 Å². The predicted octanol–water partition coefficient (Wildman–Crippen LogP) is 1.51. The van der Waals surface area contributed by atoms with Crippen LogP contribution in [0.4, 0.5) is 0 Å². The SMILES string of the molecule is [2H]C([2H])([2H])N(N=O)C([2H])([2H])CCC(O)c1cccnc1. The van der Waals surface area contributed by atoms with Gasteiger partial charge in [0.25, 0.3) is 0 Å². The third kappa shape index (κ3) is 4.03. The molecular formula is C10H15N3O2. The van der Waals surface area contributed by atoms with Crippen LogP contribution in [0.1, 0.15) is 31.4 Å². The second-order valence-corrected chi connectivity index (χ2v) is 2.89. The number of aromatic nitrogens is 1. The molecule has 0 aliphatic heterocycles. The number of aliphatic hydroxyl groups is 1. The first-order valence-corrected chi connectivity index (χ1v) is 4.40. The third-order valence-electron chi connectivity index (χ3n) is 1.83. The van der Waals surface area contributed by atoms with E-state index in [2.05, 4.69) is 10.3 Å². The van der Waals surface area contributed by atoms with Gasteiger partial charge in [-0.2, -0.15) is 0 Å². The van der Waals surface area contributed by atoms with E-state index < -0.39 is 19.6 Å². The van der Waals surface area contributed by atoms with Gasteiger partial charge in [-0.25, -0.2) is 0 Å². The summed E-state index contributed by atoms with van der Waals surface area (Å²) in [5.41, 5.74) is 0.489. The number of hydrogen-bond acceptors (Lipinski definition) is 4. The van der Waals surface area contributed by atoms with E-state index in [4.69, 9.17) is 6.85 Å². The van der Waals surface area contributed by atoms with Gasteiger partial charge in [-0.1, -0.05) is 6.07 Å². The van der Waals surface area contributed by atoms with Crippen LogP contribution in [0.5, 0.6) is 0 Å². The zero-order valence-electron chi connectivity index (χ0n) is 13.0. The molecular weight excluding hydrogens is 194 g/mol. The van der Waals surface area contributed by atoms with Crippen molar-refractivity contribution in [3.05, 3.63) is 35.0 Å². The van der Waals surface area contributed by atoms with E-state index in [9.17, 15) is 10.0 Å². The highest BCUT2D eigenvalue weighted by atomic mass is 16.3. The van der Waals surface area contributed by atoms with Gasteiger partial charge in [-0.05, 0) is 24.5 Å². The summed E-state index contributed by atoms with van der Waals surface area (Å²) in [6, 6.07) is 3.24. The molecule has 0 aliphatic carbocycles. The molecule has 5 nitrogen and oxygen atoms in total. The van der Waals surface area contributed by atoms with E-state index in [1.54, 1.807) is 12.1 Å². The molecule has 1 aromatic heterocycles. The van der Waals surface area contributed by atoms with Gasteiger partial charge in [0, 0.05) is 30.0 Å². The molecule has 5 heteroatoms. The summed E-state index contributed by atoms with van der Waals surface area (Å²) in [7, 11) is 0. The fourth-order valence-electron chi connectivity index (χ4n) is 1.08. The molecule has 1 atom stereocenters. The molecule has 1 aromatic rings. The van der Waals surface area contributed by atoms with Crippen LogP contribution in [0.25, 0.3) is 0 Å². The maximum absolute atomic E-state index is 10.5. The normalized spacial score (nSPS) is 18.9. The highest BCUT2D eigenvalue weighted by Gasteiger charge is 2.07. The fourth-order valence-corrected chi connectivity index (χ4v) is 1.08. The molecule has 0 amide bonds. The highest BCUT2D eigenvalue weighted by molar-refractivity contribution is 5.11. The van der Waals surface area contributed by atoms with Crippen LogP contribution in [-0.2, 0) is 0 Å².